The van der Waals surface area contributed by atoms with Crippen molar-refractivity contribution in [2.24, 2.45) is 10.1 Å². The van der Waals surface area contributed by atoms with E-state index in [0.717, 1.165) is 10.0 Å². The highest BCUT2D eigenvalue weighted by molar-refractivity contribution is 9.10. The van der Waals surface area contributed by atoms with Crippen LogP contribution in [0.25, 0.3) is 5.70 Å². The summed E-state index contributed by atoms with van der Waals surface area (Å²) in [5.74, 6) is 0.402. The number of rotatable bonds is 3. The number of hydrogen-bond donors (Lipinski definition) is 2. The Bertz CT molecular complexity index is 1390. The minimum atomic E-state index is -0.622. The second-order valence-corrected chi connectivity index (χ2v) is 9.38. The van der Waals surface area contributed by atoms with Crippen LogP contribution in [-0.2, 0) is 10.5 Å². The Kier molecular flexibility index (Phi) is 5.67. The summed E-state index contributed by atoms with van der Waals surface area (Å²) in [6.45, 7) is 0. The molecule has 0 bridgehead atoms. The number of carbonyl (C=O) groups excluding carboxylic acids is 1. The number of nitrogens with zero attached hydrogens (tertiary/aromatic N) is 3. The maximum atomic E-state index is 13.2. The van der Waals surface area contributed by atoms with E-state index in [1.807, 2.05) is 48.5 Å². The van der Waals surface area contributed by atoms with E-state index in [0.29, 0.717) is 37.8 Å². The molecule has 3 aromatic rings. The molecule has 32 heavy (non-hydrogen) atoms. The molecule has 0 fully saturated rings. The first-order chi connectivity index (χ1) is 15.5. The second kappa shape index (κ2) is 8.61. The molecule has 1 unspecified atom stereocenters. The van der Waals surface area contributed by atoms with Gasteiger partial charge >= 0.3 is 0 Å². The molecule has 160 valence electrons. The van der Waals surface area contributed by atoms with Gasteiger partial charge in [-0.1, -0.05) is 75.7 Å². The molecule has 1 amide bonds. The number of thioether (sulfide) groups is 1. The van der Waals surface area contributed by atoms with E-state index in [4.69, 9.17) is 21.7 Å². The predicted octanol–water partition coefficient (Wildman–Crippen LogP) is 3.88. The highest BCUT2D eigenvalue weighted by Gasteiger charge is 2.35. The lowest BCUT2D eigenvalue weighted by atomic mass is 10.1. The lowest BCUT2D eigenvalue weighted by Gasteiger charge is -2.34. The standard InChI is InChI=1S/C23H16BrClN4O2S/c24-17-10-9-14(30)11-16(17)21-26-19-8-4-2-6-15(19)20-22(31)27-23(28-29(20)21)32-12-13-5-1-3-7-18(13)25/h1-11,21,30H,12H2,(H,27,28,31). The summed E-state index contributed by atoms with van der Waals surface area (Å²) in [7, 11) is 0. The van der Waals surface area contributed by atoms with Crippen molar-refractivity contribution in [2.75, 3.05) is 0 Å². The summed E-state index contributed by atoms with van der Waals surface area (Å²) in [6, 6.07) is 20.0. The minimum absolute atomic E-state index is 0.109. The number of halogens is 2. The largest absolute Gasteiger partial charge is 0.508 e. The molecule has 9 heteroatoms. The van der Waals surface area contributed by atoms with Gasteiger partial charge < -0.3 is 5.11 Å². The molecule has 5 rings (SSSR count). The Morgan fingerprint density at radius 2 is 1.91 bits per heavy atom. The number of fused-ring (bicyclic) bond motifs is 2. The molecule has 1 atom stereocenters. The van der Waals surface area contributed by atoms with Crippen molar-refractivity contribution in [3.8, 4) is 5.75 Å². The number of phenols is 1. The van der Waals surface area contributed by atoms with E-state index in [1.165, 1.54) is 11.8 Å². The number of phenolic OH excluding ortho intramolecular Hbond substituents is 1. The molecule has 2 aliphatic rings. The van der Waals surface area contributed by atoms with Gasteiger partial charge in [0, 0.05) is 26.0 Å². The van der Waals surface area contributed by atoms with Crippen molar-refractivity contribution in [3.05, 3.63) is 97.9 Å². The number of nitrogens with one attached hydrogen (secondary N) is 1. The van der Waals surface area contributed by atoms with Crippen LogP contribution < -0.4 is 15.9 Å². The van der Waals surface area contributed by atoms with Gasteiger partial charge in [0.25, 0.3) is 5.91 Å². The average molecular weight is 528 g/mol. The number of hydrazone groups is 1. The van der Waals surface area contributed by atoms with Crippen molar-refractivity contribution >= 4 is 56.1 Å². The lowest BCUT2D eigenvalue weighted by molar-refractivity contribution is -0.116. The molecular weight excluding hydrogens is 512 g/mol. The fourth-order valence-corrected chi connectivity index (χ4v) is 5.17. The van der Waals surface area contributed by atoms with Gasteiger partial charge in [0.05, 0.1) is 5.36 Å². The third kappa shape index (κ3) is 3.90. The Labute approximate surface area is 201 Å². The van der Waals surface area contributed by atoms with Gasteiger partial charge in [-0.25, -0.2) is 5.01 Å². The monoisotopic (exact) mass is 526 g/mol. The topological polar surface area (TPSA) is 77.3 Å². The van der Waals surface area contributed by atoms with Crippen molar-refractivity contribution in [2.45, 2.75) is 11.9 Å². The summed E-state index contributed by atoms with van der Waals surface area (Å²) in [5.41, 5.74) is 2.07. The Hall–Kier alpha value is -2.81. The summed E-state index contributed by atoms with van der Waals surface area (Å²) < 4.78 is 0.759. The van der Waals surface area contributed by atoms with Crippen LogP contribution in [0, 0.1) is 0 Å². The Morgan fingerprint density at radius 1 is 1.12 bits per heavy atom. The number of carbonyl (C=O) groups is 1. The van der Waals surface area contributed by atoms with Gasteiger partial charge in [-0.05, 0) is 35.9 Å². The molecule has 0 saturated heterocycles. The summed E-state index contributed by atoms with van der Waals surface area (Å²) in [5, 5.41) is 21.8. The van der Waals surface area contributed by atoms with Crippen LogP contribution in [0.15, 0.2) is 81.3 Å². The normalized spacial score (nSPS) is 17.1. The van der Waals surface area contributed by atoms with Crippen LogP contribution in [0.3, 0.4) is 0 Å². The first-order valence-corrected chi connectivity index (χ1v) is 11.9. The Morgan fingerprint density at radius 3 is 2.75 bits per heavy atom. The fraction of sp³-hybridized carbons (Fsp3) is 0.0870. The highest BCUT2D eigenvalue weighted by Crippen LogP contribution is 2.36. The lowest BCUT2D eigenvalue weighted by Crippen LogP contribution is -2.50. The van der Waals surface area contributed by atoms with Crippen LogP contribution >= 0.6 is 39.3 Å². The van der Waals surface area contributed by atoms with Gasteiger partial charge in [0.1, 0.15) is 11.4 Å². The van der Waals surface area contributed by atoms with Crippen molar-refractivity contribution < 1.29 is 9.90 Å². The van der Waals surface area contributed by atoms with Crippen molar-refractivity contribution in [1.29, 1.82) is 0 Å². The number of benzene rings is 3. The van der Waals surface area contributed by atoms with Gasteiger partial charge in [-0.3, -0.25) is 15.1 Å². The molecule has 0 saturated carbocycles. The van der Waals surface area contributed by atoms with Crippen molar-refractivity contribution in [3.63, 3.8) is 0 Å². The highest BCUT2D eigenvalue weighted by atomic mass is 79.9. The smallest absolute Gasteiger partial charge is 0.276 e. The second-order valence-electron chi connectivity index (χ2n) is 7.16. The van der Waals surface area contributed by atoms with Crippen LogP contribution in [-0.4, -0.2) is 21.2 Å². The third-order valence-corrected chi connectivity index (χ3v) is 7.10. The van der Waals surface area contributed by atoms with E-state index < -0.39 is 6.17 Å². The van der Waals surface area contributed by atoms with Crippen molar-refractivity contribution in [1.82, 2.24) is 10.3 Å². The molecule has 3 aromatic carbocycles. The Balaban J connectivity index is 1.60. The molecule has 0 radical (unpaired) electrons. The van der Waals surface area contributed by atoms with Crippen LogP contribution in [0.4, 0.5) is 0 Å². The van der Waals surface area contributed by atoms with E-state index in [9.17, 15) is 9.90 Å². The average Bonchev–Trinajstić information content (AvgIpc) is 2.79. The number of amides is 1. The molecule has 6 nitrogen and oxygen atoms in total. The third-order valence-electron chi connectivity index (χ3n) is 5.10. The first-order valence-electron chi connectivity index (χ1n) is 9.72. The zero-order valence-electron chi connectivity index (χ0n) is 16.5. The molecule has 2 N–H and O–H groups in total. The van der Waals surface area contributed by atoms with Crippen LogP contribution in [0.1, 0.15) is 17.3 Å². The number of aromatic hydroxyl groups is 1. The molecule has 2 aliphatic heterocycles. The number of para-hydroxylation sites is 1. The number of hydrogen-bond acceptors (Lipinski definition) is 6. The SMILES string of the molecule is O=C1NC(SCc2ccccc2Cl)=NN2C1=c1ccccc1=NC2c1cc(O)ccc1Br. The van der Waals surface area contributed by atoms with E-state index in [2.05, 4.69) is 21.2 Å². The quantitative estimate of drug-likeness (QED) is 0.542. The van der Waals surface area contributed by atoms with E-state index in [1.54, 1.807) is 23.2 Å². The molecule has 0 spiro atoms. The van der Waals surface area contributed by atoms with Gasteiger partial charge in [-0.2, -0.15) is 0 Å². The maximum Gasteiger partial charge on any atom is 0.276 e. The molecule has 0 aromatic heterocycles. The first kappa shape index (κ1) is 21.1. The zero-order valence-corrected chi connectivity index (χ0v) is 19.7. The van der Waals surface area contributed by atoms with E-state index >= 15 is 0 Å². The van der Waals surface area contributed by atoms with Crippen LogP contribution in [0.5, 0.6) is 5.75 Å². The van der Waals surface area contributed by atoms with Gasteiger partial charge in [-0.15, -0.1) is 5.10 Å². The van der Waals surface area contributed by atoms with E-state index in [-0.39, 0.29) is 11.7 Å². The van der Waals surface area contributed by atoms with Gasteiger partial charge in [0.2, 0.25) is 0 Å². The van der Waals surface area contributed by atoms with Crippen LogP contribution in [0.2, 0.25) is 5.02 Å². The molecule has 2 heterocycles. The maximum absolute atomic E-state index is 13.2. The fourth-order valence-electron chi connectivity index (χ4n) is 3.59. The molecule has 0 aliphatic carbocycles. The molecular formula is C23H16BrClN4O2S. The van der Waals surface area contributed by atoms with Gasteiger partial charge in [0.15, 0.2) is 11.3 Å². The summed E-state index contributed by atoms with van der Waals surface area (Å²) >= 11 is 11.2. The zero-order chi connectivity index (χ0) is 22.2. The number of amidine groups is 1. The minimum Gasteiger partial charge on any atom is -0.508 e. The predicted molar refractivity (Wildman–Crippen MR) is 129 cm³/mol. The summed E-state index contributed by atoms with van der Waals surface area (Å²) in [4.78, 5) is 18.0. The summed E-state index contributed by atoms with van der Waals surface area (Å²) in [6.07, 6.45) is -0.622.